The van der Waals surface area contributed by atoms with E-state index in [1.807, 2.05) is 19.1 Å². The second-order valence-corrected chi connectivity index (χ2v) is 4.83. The monoisotopic (exact) mass is 294 g/mol. The number of nitro benzene ring substituents is 1. The van der Waals surface area contributed by atoms with Crippen LogP contribution in [0.5, 0.6) is 0 Å². The van der Waals surface area contributed by atoms with E-state index >= 15 is 0 Å². The van der Waals surface area contributed by atoms with Crippen molar-refractivity contribution in [3.05, 3.63) is 50.7 Å². The van der Waals surface area contributed by atoms with Gasteiger partial charge in [0.2, 0.25) is 0 Å². The molecule has 0 bridgehead atoms. The van der Waals surface area contributed by atoms with Crippen LogP contribution in [0.1, 0.15) is 18.2 Å². The van der Waals surface area contributed by atoms with Crippen molar-refractivity contribution >= 4 is 17.3 Å². The van der Waals surface area contributed by atoms with Crippen LogP contribution >= 0.6 is 11.6 Å². The first-order chi connectivity index (χ1) is 9.52. The zero-order chi connectivity index (χ0) is 14.7. The third-order valence-corrected chi connectivity index (χ3v) is 3.27. The van der Waals surface area contributed by atoms with E-state index in [0.717, 1.165) is 23.4 Å². The summed E-state index contributed by atoms with van der Waals surface area (Å²) in [4.78, 5) is 10.3. The molecule has 5 nitrogen and oxygen atoms in total. The molecule has 0 unspecified atom stereocenters. The van der Waals surface area contributed by atoms with Crippen LogP contribution in [0.2, 0.25) is 5.02 Å². The first-order valence-corrected chi connectivity index (χ1v) is 6.65. The Labute approximate surface area is 121 Å². The van der Waals surface area contributed by atoms with Crippen LogP contribution in [0.25, 0.3) is 11.3 Å². The summed E-state index contributed by atoms with van der Waals surface area (Å²) >= 11 is 5.94. The number of nitrogens with zero attached hydrogens (tertiary/aromatic N) is 1. The predicted octanol–water partition coefficient (Wildman–Crippen LogP) is 3.93. The summed E-state index contributed by atoms with van der Waals surface area (Å²) in [6.07, 6.45) is 0. The molecule has 0 aliphatic rings. The molecule has 0 amide bonds. The molecule has 0 atom stereocenters. The van der Waals surface area contributed by atoms with Crippen LogP contribution in [0.3, 0.4) is 0 Å². The van der Waals surface area contributed by atoms with Crippen molar-refractivity contribution in [3.8, 4) is 11.3 Å². The number of rotatable bonds is 5. The predicted molar refractivity (Wildman–Crippen MR) is 77.9 cm³/mol. The molecule has 1 aromatic heterocycles. The zero-order valence-electron chi connectivity index (χ0n) is 11.3. The fourth-order valence-electron chi connectivity index (χ4n) is 1.94. The molecule has 0 fully saturated rings. The summed E-state index contributed by atoms with van der Waals surface area (Å²) in [6.45, 7) is 5.32. The van der Waals surface area contributed by atoms with Crippen molar-refractivity contribution in [2.45, 2.75) is 20.4 Å². The van der Waals surface area contributed by atoms with Crippen LogP contribution in [-0.4, -0.2) is 11.5 Å². The number of halogens is 1. The Morgan fingerprint density at radius 2 is 2.15 bits per heavy atom. The van der Waals surface area contributed by atoms with Gasteiger partial charge in [-0.1, -0.05) is 18.5 Å². The van der Waals surface area contributed by atoms with Gasteiger partial charge in [0.15, 0.2) is 0 Å². The minimum atomic E-state index is -0.488. The van der Waals surface area contributed by atoms with Gasteiger partial charge in [0.1, 0.15) is 16.5 Å². The Balaban J connectivity index is 2.35. The van der Waals surface area contributed by atoms with Crippen molar-refractivity contribution in [1.82, 2.24) is 5.32 Å². The number of nitrogens with one attached hydrogen (secondary N) is 1. The number of hydrogen-bond acceptors (Lipinski definition) is 4. The van der Waals surface area contributed by atoms with Crippen LogP contribution < -0.4 is 5.32 Å². The SMILES string of the molecule is CCNCc1ccc(-c2cc(Cl)c([N+](=O)[O-])cc2C)o1. The topological polar surface area (TPSA) is 68.3 Å². The summed E-state index contributed by atoms with van der Waals surface area (Å²) < 4.78 is 5.72. The quantitative estimate of drug-likeness (QED) is 0.670. The average Bonchev–Trinajstić information content (AvgIpc) is 2.86. The van der Waals surface area contributed by atoms with Crippen molar-refractivity contribution in [3.63, 3.8) is 0 Å². The summed E-state index contributed by atoms with van der Waals surface area (Å²) in [7, 11) is 0. The van der Waals surface area contributed by atoms with Crippen LogP contribution in [0.15, 0.2) is 28.7 Å². The Kier molecular flexibility index (Phi) is 4.42. The van der Waals surface area contributed by atoms with Gasteiger partial charge in [0.05, 0.1) is 11.5 Å². The smallest absolute Gasteiger partial charge is 0.288 e. The van der Waals surface area contributed by atoms with Crippen molar-refractivity contribution in [2.24, 2.45) is 0 Å². The van der Waals surface area contributed by atoms with E-state index < -0.39 is 4.92 Å². The molecule has 20 heavy (non-hydrogen) atoms. The first kappa shape index (κ1) is 14.6. The van der Waals surface area contributed by atoms with E-state index in [9.17, 15) is 10.1 Å². The molecule has 0 aliphatic carbocycles. The van der Waals surface area contributed by atoms with Crippen molar-refractivity contribution < 1.29 is 9.34 Å². The number of furan rings is 1. The maximum absolute atomic E-state index is 10.8. The molecule has 0 aliphatic heterocycles. The van der Waals surface area contributed by atoms with Gasteiger partial charge in [-0.2, -0.15) is 0 Å². The number of nitro groups is 1. The van der Waals surface area contributed by atoms with Crippen LogP contribution in [0, 0.1) is 17.0 Å². The maximum atomic E-state index is 10.8. The highest BCUT2D eigenvalue weighted by Gasteiger charge is 2.17. The standard InChI is InChI=1S/C14H15ClN2O3/c1-3-16-8-10-4-5-14(20-10)11-7-12(15)13(17(18)19)6-9(11)2/h4-7,16H,3,8H2,1-2H3. The lowest BCUT2D eigenvalue weighted by molar-refractivity contribution is -0.384. The van der Waals surface area contributed by atoms with E-state index in [1.165, 1.54) is 6.07 Å². The van der Waals surface area contributed by atoms with E-state index in [1.54, 1.807) is 13.0 Å². The highest BCUT2D eigenvalue weighted by molar-refractivity contribution is 6.33. The molecular weight excluding hydrogens is 280 g/mol. The second-order valence-electron chi connectivity index (χ2n) is 4.42. The van der Waals surface area contributed by atoms with Crippen LogP contribution in [0.4, 0.5) is 5.69 Å². The first-order valence-electron chi connectivity index (χ1n) is 6.27. The van der Waals surface area contributed by atoms with Gasteiger partial charge in [0.25, 0.3) is 5.69 Å². The van der Waals surface area contributed by atoms with Gasteiger partial charge in [0, 0.05) is 11.6 Å². The molecule has 0 saturated heterocycles. The van der Waals surface area contributed by atoms with Gasteiger partial charge in [-0.15, -0.1) is 0 Å². The lowest BCUT2D eigenvalue weighted by atomic mass is 10.1. The summed E-state index contributed by atoms with van der Waals surface area (Å²) in [5, 5.41) is 14.1. The van der Waals surface area contributed by atoms with E-state index in [-0.39, 0.29) is 10.7 Å². The lowest BCUT2D eigenvalue weighted by Crippen LogP contribution is -2.10. The fourth-order valence-corrected chi connectivity index (χ4v) is 2.17. The molecule has 2 rings (SSSR count). The molecule has 0 spiro atoms. The third-order valence-electron chi connectivity index (χ3n) is 2.97. The normalized spacial score (nSPS) is 10.8. The number of benzene rings is 1. The van der Waals surface area contributed by atoms with E-state index in [2.05, 4.69) is 5.32 Å². The average molecular weight is 295 g/mol. The second kappa shape index (κ2) is 6.07. The third kappa shape index (κ3) is 3.00. The molecule has 0 radical (unpaired) electrons. The summed E-state index contributed by atoms with van der Waals surface area (Å²) in [6, 6.07) is 6.76. The molecule has 2 aromatic rings. The Morgan fingerprint density at radius 1 is 1.40 bits per heavy atom. The molecule has 6 heteroatoms. The minimum Gasteiger partial charge on any atom is -0.460 e. The van der Waals surface area contributed by atoms with E-state index in [0.29, 0.717) is 12.3 Å². The molecule has 1 N–H and O–H groups in total. The van der Waals surface area contributed by atoms with Crippen LogP contribution in [-0.2, 0) is 6.54 Å². The maximum Gasteiger partial charge on any atom is 0.288 e. The van der Waals surface area contributed by atoms with Gasteiger partial charge < -0.3 is 9.73 Å². The van der Waals surface area contributed by atoms with Gasteiger partial charge >= 0.3 is 0 Å². The Bertz CT molecular complexity index is 637. The Hall–Kier alpha value is -1.85. The van der Waals surface area contributed by atoms with E-state index in [4.69, 9.17) is 16.0 Å². The molecule has 106 valence electrons. The Morgan fingerprint density at radius 3 is 2.80 bits per heavy atom. The lowest BCUT2D eigenvalue weighted by Gasteiger charge is -2.04. The van der Waals surface area contributed by atoms with Gasteiger partial charge in [-0.3, -0.25) is 10.1 Å². The van der Waals surface area contributed by atoms with Gasteiger partial charge in [-0.05, 0) is 37.2 Å². The fraction of sp³-hybridized carbons (Fsp3) is 0.286. The number of aryl methyl sites for hydroxylation is 1. The largest absolute Gasteiger partial charge is 0.460 e. The zero-order valence-corrected chi connectivity index (χ0v) is 12.0. The highest BCUT2D eigenvalue weighted by Crippen LogP contribution is 2.34. The minimum absolute atomic E-state index is 0.0904. The van der Waals surface area contributed by atoms with Crippen molar-refractivity contribution in [2.75, 3.05) is 6.54 Å². The number of hydrogen-bond donors (Lipinski definition) is 1. The molecule has 1 heterocycles. The molecule has 0 saturated carbocycles. The van der Waals surface area contributed by atoms with Gasteiger partial charge in [-0.25, -0.2) is 0 Å². The summed E-state index contributed by atoms with van der Waals surface area (Å²) in [5.74, 6) is 1.47. The highest BCUT2D eigenvalue weighted by atomic mass is 35.5. The van der Waals surface area contributed by atoms with Crippen molar-refractivity contribution in [1.29, 1.82) is 0 Å². The molecular formula is C14H15ClN2O3. The molecule has 1 aromatic carbocycles. The summed E-state index contributed by atoms with van der Waals surface area (Å²) in [5.41, 5.74) is 1.43.